The second-order valence-electron chi connectivity index (χ2n) is 5.57. The Morgan fingerprint density at radius 3 is 2.59 bits per heavy atom. The van der Waals surface area contributed by atoms with E-state index >= 15 is 0 Å². The number of hydrogen-bond donors (Lipinski definition) is 1. The monoisotopic (exact) mass is 382 g/mol. The fourth-order valence-corrected chi connectivity index (χ4v) is 1.80. The number of hydrogen-bond acceptors (Lipinski definition) is 6. The number of nitrogens with one attached hydrogen (secondary N) is 1. The summed E-state index contributed by atoms with van der Waals surface area (Å²) < 4.78 is 41.6. The molecule has 7 nitrogen and oxygen atoms in total. The zero-order chi connectivity index (χ0) is 19.9. The van der Waals surface area contributed by atoms with Crippen molar-refractivity contribution in [3.8, 4) is 11.4 Å². The maximum atomic E-state index is 12.5. The van der Waals surface area contributed by atoms with Crippen molar-refractivity contribution < 1.29 is 27.3 Å². The molecule has 0 bridgehead atoms. The van der Waals surface area contributed by atoms with Gasteiger partial charge in [0.25, 0.3) is 5.91 Å². The van der Waals surface area contributed by atoms with E-state index in [9.17, 15) is 18.0 Å². The third kappa shape index (κ3) is 6.24. The van der Waals surface area contributed by atoms with Crippen molar-refractivity contribution >= 4 is 12.1 Å². The highest BCUT2D eigenvalue weighted by Gasteiger charge is 2.38. The highest BCUT2D eigenvalue weighted by atomic mass is 19.4. The van der Waals surface area contributed by atoms with Crippen LogP contribution in [0.5, 0.6) is 0 Å². The molecule has 10 heteroatoms. The number of carbonyl (C=O) groups excluding carboxylic acids is 1. The summed E-state index contributed by atoms with van der Waals surface area (Å²) >= 11 is 0. The quantitative estimate of drug-likeness (QED) is 0.343. The first-order chi connectivity index (χ1) is 12.8. The molecule has 0 saturated heterocycles. The van der Waals surface area contributed by atoms with Crippen LogP contribution in [0.3, 0.4) is 0 Å². The Bertz CT molecular complexity index is 823. The van der Waals surface area contributed by atoms with Gasteiger partial charge in [0, 0.05) is 11.1 Å². The van der Waals surface area contributed by atoms with Crippen molar-refractivity contribution in [3.63, 3.8) is 0 Å². The Balaban J connectivity index is 1.87. The van der Waals surface area contributed by atoms with Gasteiger partial charge in [-0.15, -0.1) is 0 Å². The van der Waals surface area contributed by atoms with E-state index in [0.717, 1.165) is 5.57 Å². The number of oxime groups is 1. The van der Waals surface area contributed by atoms with Gasteiger partial charge in [-0.25, -0.2) is 0 Å². The minimum atomic E-state index is -4.71. The van der Waals surface area contributed by atoms with E-state index in [1.54, 1.807) is 0 Å². The fraction of sp³-hybridized carbons (Fsp3) is 0.294. The van der Waals surface area contributed by atoms with Crippen LogP contribution >= 0.6 is 0 Å². The molecule has 0 fully saturated rings. The third-order valence-corrected chi connectivity index (χ3v) is 3.14. The Hall–Kier alpha value is -3.17. The molecule has 0 radical (unpaired) electrons. The van der Waals surface area contributed by atoms with Crippen molar-refractivity contribution in [3.05, 3.63) is 47.4 Å². The van der Waals surface area contributed by atoms with Crippen molar-refractivity contribution in [1.29, 1.82) is 0 Å². The first-order valence-corrected chi connectivity index (χ1v) is 7.84. The lowest BCUT2D eigenvalue weighted by Crippen LogP contribution is -2.25. The van der Waals surface area contributed by atoms with Gasteiger partial charge in [0.2, 0.25) is 5.82 Å². The highest BCUT2D eigenvalue weighted by Crippen LogP contribution is 2.29. The Kier molecular flexibility index (Phi) is 6.69. The predicted molar refractivity (Wildman–Crippen MR) is 90.9 cm³/mol. The molecule has 2 aromatic rings. The van der Waals surface area contributed by atoms with Crippen molar-refractivity contribution in [2.45, 2.75) is 20.0 Å². The van der Waals surface area contributed by atoms with Gasteiger partial charge >= 0.3 is 12.1 Å². The molecule has 0 saturated carbocycles. The van der Waals surface area contributed by atoms with Gasteiger partial charge in [-0.3, -0.25) is 4.79 Å². The van der Waals surface area contributed by atoms with Crippen molar-refractivity contribution in [2.24, 2.45) is 5.16 Å². The van der Waals surface area contributed by atoms with E-state index < -0.39 is 12.1 Å². The lowest BCUT2D eigenvalue weighted by atomic mass is 10.1. The van der Waals surface area contributed by atoms with Gasteiger partial charge in [0.1, 0.15) is 6.61 Å². The molecule has 0 aliphatic heterocycles. The average molecular weight is 382 g/mol. The van der Waals surface area contributed by atoms with Crippen molar-refractivity contribution in [2.75, 3.05) is 13.2 Å². The van der Waals surface area contributed by atoms with Crippen molar-refractivity contribution in [1.82, 2.24) is 15.5 Å². The smallest absolute Gasteiger partial charge is 0.392 e. The summed E-state index contributed by atoms with van der Waals surface area (Å²) in [6.07, 6.45) is -1.44. The van der Waals surface area contributed by atoms with Gasteiger partial charge in [-0.2, -0.15) is 18.2 Å². The Labute approximate surface area is 152 Å². The fourth-order valence-electron chi connectivity index (χ4n) is 1.80. The topological polar surface area (TPSA) is 89.6 Å². The van der Waals surface area contributed by atoms with Crippen LogP contribution in [0, 0.1) is 0 Å². The summed E-state index contributed by atoms with van der Waals surface area (Å²) in [4.78, 5) is 20.2. The zero-order valence-corrected chi connectivity index (χ0v) is 14.6. The molecule has 144 valence electrons. The number of amides is 1. The molecule has 1 heterocycles. The summed E-state index contributed by atoms with van der Waals surface area (Å²) in [5.41, 5.74) is 1.72. The van der Waals surface area contributed by atoms with Crippen LogP contribution in [-0.4, -0.2) is 35.4 Å². The number of rotatable bonds is 7. The molecule has 0 aliphatic carbocycles. The number of carbonyl (C=O) groups is 1. The van der Waals surface area contributed by atoms with E-state index in [1.807, 2.05) is 19.9 Å². The van der Waals surface area contributed by atoms with Crippen LogP contribution in [0.4, 0.5) is 13.2 Å². The number of allylic oxidation sites excluding steroid dienone is 1. The summed E-state index contributed by atoms with van der Waals surface area (Å²) in [5.74, 6) is -2.01. The van der Waals surface area contributed by atoms with Gasteiger partial charge in [-0.1, -0.05) is 28.0 Å². The minimum absolute atomic E-state index is 0.162. The van der Waals surface area contributed by atoms with E-state index in [2.05, 4.69) is 25.1 Å². The van der Waals surface area contributed by atoms with Gasteiger partial charge in [-0.05, 0) is 32.1 Å². The molecule has 0 aliphatic rings. The summed E-state index contributed by atoms with van der Waals surface area (Å²) in [7, 11) is 0. The molecular weight excluding hydrogens is 365 g/mol. The second-order valence-corrected chi connectivity index (χ2v) is 5.57. The lowest BCUT2D eigenvalue weighted by molar-refractivity contribution is -0.159. The Morgan fingerprint density at radius 2 is 2.00 bits per heavy atom. The standard InChI is InChI=1S/C17H17F3N4O3/c1-11(2)7-10-26-22-9-8-21-15(25)13-5-3-12(4-6-13)14-23-16(27-24-14)17(18,19)20/h3-7,9H,8,10H2,1-2H3,(H,21,25)/b22-9+. The number of aromatic nitrogens is 2. The maximum Gasteiger partial charge on any atom is 0.471 e. The van der Waals surface area contributed by atoms with Crippen LogP contribution in [0.1, 0.15) is 30.1 Å². The highest BCUT2D eigenvalue weighted by molar-refractivity contribution is 5.95. The molecule has 1 N–H and O–H groups in total. The molecule has 1 aromatic heterocycles. The normalized spacial score (nSPS) is 11.4. The van der Waals surface area contributed by atoms with Gasteiger partial charge in [0.05, 0.1) is 12.8 Å². The largest absolute Gasteiger partial charge is 0.471 e. The minimum Gasteiger partial charge on any atom is -0.392 e. The maximum absolute atomic E-state index is 12.5. The predicted octanol–water partition coefficient (Wildman–Crippen LogP) is 3.45. The molecule has 0 spiro atoms. The number of alkyl halides is 3. The van der Waals surface area contributed by atoms with E-state index in [4.69, 9.17) is 4.84 Å². The van der Waals surface area contributed by atoms with Gasteiger partial charge < -0.3 is 14.7 Å². The Morgan fingerprint density at radius 1 is 1.30 bits per heavy atom. The second kappa shape index (κ2) is 8.97. The van der Waals surface area contributed by atoms with E-state index in [0.29, 0.717) is 17.7 Å². The lowest BCUT2D eigenvalue weighted by Gasteiger charge is -2.02. The average Bonchev–Trinajstić information content (AvgIpc) is 3.11. The molecule has 0 atom stereocenters. The molecule has 1 amide bonds. The summed E-state index contributed by atoms with van der Waals surface area (Å²) in [5, 5.41) is 9.56. The molecule has 27 heavy (non-hydrogen) atoms. The zero-order valence-electron chi connectivity index (χ0n) is 14.6. The first kappa shape index (κ1) is 20.1. The SMILES string of the molecule is CC(C)=CCO/N=C/CNC(=O)c1ccc(-c2noc(C(F)(F)F)n2)cc1. The molecule has 1 aromatic carbocycles. The number of halogens is 3. The van der Waals surface area contributed by atoms with Crippen LogP contribution in [0.25, 0.3) is 11.4 Å². The number of nitrogens with zero attached hydrogens (tertiary/aromatic N) is 3. The third-order valence-electron chi connectivity index (χ3n) is 3.14. The van der Waals surface area contributed by atoms with E-state index in [-0.39, 0.29) is 18.3 Å². The van der Waals surface area contributed by atoms with Gasteiger partial charge in [0.15, 0.2) is 0 Å². The van der Waals surface area contributed by atoms with E-state index in [1.165, 1.54) is 30.5 Å². The van der Waals surface area contributed by atoms with Crippen LogP contribution in [0.2, 0.25) is 0 Å². The molecule has 2 rings (SSSR count). The molecular formula is C17H17F3N4O3. The summed E-state index contributed by atoms with van der Waals surface area (Å²) in [6, 6.07) is 5.74. The molecule has 0 unspecified atom stereocenters. The summed E-state index contributed by atoms with van der Waals surface area (Å²) in [6.45, 7) is 4.38. The van der Waals surface area contributed by atoms with Crippen LogP contribution < -0.4 is 5.32 Å². The van der Waals surface area contributed by atoms with Crippen LogP contribution in [-0.2, 0) is 11.0 Å². The number of benzene rings is 1. The first-order valence-electron chi connectivity index (χ1n) is 7.84. The van der Waals surface area contributed by atoms with Crippen LogP contribution in [0.15, 0.2) is 45.6 Å².